The van der Waals surface area contributed by atoms with Gasteiger partial charge in [-0.1, -0.05) is 20.3 Å². The van der Waals surface area contributed by atoms with E-state index in [9.17, 15) is 9.18 Å². The van der Waals surface area contributed by atoms with E-state index < -0.39 is 0 Å². The van der Waals surface area contributed by atoms with Crippen LogP contribution in [0.1, 0.15) is 38.2 Å². The lowest BCUT2D eigenvalue weighted by molar-refractivity contribution is -0.118. The molecule has 0 saturated carbocycles. The lowest BCUT2D eigenvalue weighted by Gasteiger charge is -2.17. The summed E-state index contributed by atoms with van der Waals surface area (Å²) in [6, 6.07) is 2.85. The summed E-state index contributed by atoms with van der Waals surface area (Å²) in [4.78, 5) is 12.0. The standard InChI is InChI=1S/C13H15BrFNO/c1-3-4-7(2)11-9-5-8(15)6-10(14)12(9)16-13(11)17/h5-7,11H,3-4H2,1-2H3,(H,16,17). The maximum Gasteiger partial charge on any atom is 0.232 e. The monoisotopic (exact) mass is 299 g/mol. The van der Waals surface area contributed by atoms with E-state index in [-0.39, 0.29) is 23.6 Å². The fraction of sp³-hybridized carbons (Fsp3) is 0.462. The van der Waals surface area contributed by atoms with Crippen LogP contribution in [0.3, 0.4) is 0 Å². The molecule has 0 bridgehead atoms. The lowest BCUT2D eigenvalue weighted by Crippen LogP contribution is -2.18. The van der Waals surface area contributed by atoms with Crippen LogP contribution in [0, 0.1) is 11.7 Å². The van der Waals surface area contributed by atoms with Crippen LogP contribution >= 0.6 is 15.9 Å². The number of fused-ring (bicyclic) bond motifs is 1. The molecule has 2 nitrogen and oxygen atoms in total. The van der Waals surface area contributed by atoms with Gasteiger partial charge < -0.3 is 5.32 Å². The fourth-order valence-corrected chi connectivity index (χ4v) is 3.05. The van der Waals surface area contributed by atoms with Gasteiger partial charge in [0.2, 0.25) is 5.91 Å². The Morgan fingerprint density at radius 1 is 1.53 bits per heavy atom. The molecule has 0 saturated heterocycles. The Labute approximate surface area is 109 Å². The third-order valence-electron chi connectivity index (χ3n) is 3.26. The van der Waals surface area contributed by atoms with Crippen molar-refractivity contribution >= 4 is 27.5 Å². The van der Waals surface area contributed by atoms with Crippen molar-refractivity contribution in [3.63, 3.8) is 0 Å². The van der Waals surface area contributed by atoms with Crippen LogP contribution in [-0.2, 0) is 4.79 Å². The molecule has 2 rings (SSSR count). The normalized spacial score (nSPS) is 20.0. The van der Waals surface area contributed by atoms with Crippen molar-refractivity contribution < 1.29 is 9.18 Å². The van der Waals surface area contributed by atoms with Crippen LogP contribution in [0.2, 0.25) is 0 Å². The minimum absolute atomic E-state index is 0.0211. The highest BCUT2D eigenvalue weighted by molar-refractivity contribution is 9.10. The number of carbonyl (C=O) groups is 1. The van der Waals surface area contributed by atoms with Gasteiger partial charge in [0.05, 0.1) is 11.6 Å². The van der Waals surface area contributed by atoms with Crippen LogP contribution < -0.4 is 5.32 Å². The van der Waals surface area contributed by atoms with Crippen molar-refractivity contribution in [3.8, 4) is 0 Å². The molecular weight excluding hydrogens is 285 g/mol. The molecule has 1 aromatic carbocycles. The van der Waals surface area contributed by atoms with Gasteiger partial charge in [0.25, 0.3) is 0 Å². The van der Waals surface area contributed by atoms with E-state index >= 15 is 0 Å². The molecule has 1 heterocycles. The first kappa shape index (κ1) is 12.6. The molecule has 0 aromatic heterocycles. The molecule has 1 N–H and O–H groups in total. The van der Waals surface area contributed by atoms with Crippen LogP contribution in [0.25, 0.3) is 0 Å². The molecule has 1 aliphatic heterocycles. The summed E-state index contributed by atoms with van der Waals surface area (Å²) in [5.41, 5.74) is 1.51. The number of hydrogen-bond acceptors (Lipinski definition) is 1. The van der Waals surface area contributed by atoms with E-state index in [1.807, 2.05) is 6.92 Å². The highest BCUT2D eigenvalue weighted by Crippen LogP contribution is 2.42. The Kier molecular flexibility index (Phi) is 3.52. The predicted molar refractivity (Wildman–Crippen MR) is 69.5 cm³/mol. The SMILES string of the molecule is CCCC(C)C1C(=O)Nc2c(Br)cc(F)cc21. The topological polar surface area (TPSA) is 29.1 Å². The number of rotatable bonds is 3. The first-order valence-corrected chi connectivity index (χ1v) is 6.63. The van der Waals surface area contributed by atoms with Gasteiger partial charge in [-0.2, -0.15) is 0 Å². The minimum atomic E-state index is -0.305. The quantitative estimate of drug-likeness (QED) is 0.896. The van der Waals surface area contributed by atoms with Crippen LogP contribution in [0.5, 0.6) is 0 Å². The number of anilines is 1. The van der Waals surface area contributed by atoms with E-state index in [4.69, 9.17) is 0 Å². The van der Waals surface area contributed by atoms with E-state index in [1.54, 1.807) is 0 Å². The molecule has 0 spiro atoms. The van der Waals surface area contributed by atoms with Gasteiger partial charge in [-0.15, -0.1) is 0 Å². The molecule has 0 radical (unpaired) electrons. The maximum atomic E-state index is 13.4. The lowest BCUT2D eigenvalue weighted by atomic mass is 9.85. The smallest absolute Gasteiger partial charge is 0.232 e. The molecule has 1 aromatic rings. The average molecular weight is 300 g/mol. The number of hydrogen-bond donors (Lipinski definition) is 1. The van der Waals surface area contributed by atoms with Gasteiger partial charge in [-0.05, 0) is 46.0 Å². The van der Waals surface area contributed by atoms with Crippen molar-refractivity contribution in [2.75, 3.05) is 5.32 Å². The second-order valence-electron chi connectivity index (χ2n) is 4.58. The second kappa shape index (κ2) is 4.77. The van der Waals surface area contributed by atoms with Crippen molar-refractivity contribution in [1.29, 1.82) is 0 Å². The minimum Gasteiger partial charge on any atom is -0.324 e. The molecular formula is C13H15BrFNO. The van der Waals surface area contributed by atoms with E-state index in [1.165, 1.54) is 12.1 Å². The van der Waals surface area contributed by atoms with Gasteiger partial charge in [-0.3, -0.25) is 4.79 Å². The zero-order valence-electron chi connectivity index (χ0n) is 9.89. The molecule has 2 unspecified atom stereocenters. The average Bonchev–Trinajstić information content (AvgIpc) is 2.55. The Bertz CT molecular complexity index is 461. The largest absolute Gasteiger partial charge is 0.324 e. The second-order valence-corrected chi connectivity index (χ2v) is 5.44. The maximum absolute atomic E-state index is 13.4. The Morgan fingerprint density at radius 2 is 2.24 bits per heavy atom. The fourth-order valence-electron chi connectivity index (χ4n) is 2.50. The molecule has 0 aliphatic carbocycles. The van der Waals surface area contributed by atoms with E-state index in [2.05, 4.69) is 28.2 Å². The number of carbonyl (C=O) groups excluding carboxylic acids is 1. The van der Waals surface area contributed by atoms with E-state index in [0.29, 0.717) is 4.47 Å². The van der Waals surface area contributed by atoms with Crippen molar-refractivity contribution in [2.24, 2.45) is 5.92 Å². The first-order valence-electron chi connectivity index (χ1n) is 5.84. The third kappa shape index (κ3) is 2.23. The molecule has 1 amide bonds. The zero-order chi connectivity index (χ0) is 12.6. The van der Waals surface area contributed by atoms with Gasteiger partial charge in [-0.25, -0.2) is 4.39 Å². The molecule has 1 aliphatic rings. The highest BCUT2D eigenvalue weighted by Gasteiger charge is 2.35. The summed E-state index contributed by atoms with van der Waals surface area (Å²) >= 11 is 3.29. The van der Waals surface area contributed by atoms with Crippen molar-refractivity contribution in [2.45, 2.75) is 32.6 Å². The summed E-state index contributed by atoms with van der Waals surface area (Å²) < 4.78 is 14.0. The number of nitrogens with one attached hydrogen (secondary N) is 1. The molecule has 17 heavy (non-hydrogen) atoms. The van der Waals surface area contributed by atoms with Crippen LogP contribution in [-0.4, -0.2) is 5.91 Å². The van der Waals surface area contributed by atoms with Gasteiger partial charge in [0.15, 0.2) is 0 Å². The van der Waals surface area contributed by atoms with Gasteiger partial charge in [0, 0.05) is 4.47 Å². The van der Waals surface area contributed by atoms with Gasteiger partial charge in [0.1, 0.15) is 5.82 Å². The molecule has 4 heteroatoms. The highest BCUT2D eigenvalue weighted by atomic mass is 79.9. The summed E-state index contributed by atoms with van der Waals surface area (Å²) in [7, 11) is 0. The molecule has 0 fully saturated rings. The summed E-state index contributed by atoms with van der Waals surface area (Å²) in [6.07, 6.45) is 1.99. The third-order valence-corrected chi connectivity index (χ3v) is 3.89. The Hall–Kier alpha value is -0.900. The summed E-state index contributed by atoms with van der Waals surface area (Å²) in [5, 5.41) is 2.83. The number of amides is 1. The Balaban J connectivity index is 2.42. The van der Waals surface area contributed by atoms with Crippen molar-refractivity contribution in [3.05, 3.63) is 28.0 Å². The predicted octanol–water partition coefficient (Wildman–Crippen LogP) is 4.06. The van der Waals surface area contributed by atoms with Crippen molar-refractivity contribution in [1.82, 2.24) is 0 Å². The first-order chi connectivity index (χ1) is 8.04. The molecule has 2 atom stereocenters. The van der Waals surface area contributed by atoms with E-state index in [0.717, 1.165) is 24.1 Å². The van der Waals surface area contributed by atoms with Crippen LogP contribution in [0.4, 0.5) is 10.1 Å². The van der Waals surface area contributed by atoms with Gasteiger partial charge >= 0.3 is 0 Å². The number of halogens is 2. The summed E-state index contributed by atoms with van der Waals surface area (Å²) in [5.74, 6) is -0.319. The van der Waals surface area contributed by atoms with Crippen LogP contribution in [0.15, 0.2) is 16.6 Å². The number of benzene rings is 1. The Morgan fingerprint density at radius 3 is 2.88 bits per heavy atom. The summed E-state index contributed by atoms with van der Waals surface area (Å²) in [6.45, 7) is 4.13. The zero-order valence-corrected chi connectivity index (χ0v) is 11.5. The molecule has 92 valence electrons.